The molecule has 3 atom stereocenters. The first kappa shape index (κ1) is 16.9. The second-order valence-corrected chi connectivity index (χ2v) is 5.68. The SMILES string of the molecule is CC(C)C[C@H](C(=O)O)C(C)N(C=O)OC1CCCCO1. The van der Waals surface area contributed by atoms with Crippen LogP contribution in [0.3, 0.4) is 0 Å². The van der Waals surface area contributed by atoms with Crippen LogP contribution in [-0.4, -0.2) is 41.5 Å². The zero-order valence-electron chi connectivity index (χ0n) is 12.4. The summed E-state index contributed by atoms with van der Waals surface area (Å²) in [4.78, 5) is 28.0. The maximum absolute atomic E-state index is 11.4. The van der Waals surface area contributed by atoms with Gasteiger partial charge in [0, 0.05) is 13.0 Å². The normalized spacial score (nSPS) is 22.3. The Bertz CT molecular complexity index is 315. The summed E-state index contributed by atoms with van der Waals surface area (Å²) in [6.07, 6.45) is 3.28. The molecule has 1 rings (SSSR count). The van der Waals surface area contributed by atoms with Crippen molar-refractivity contribution in [3.63, 3.8) is 0 Å². The number of rotatable bonds is 8. The minimum Gasteiger partial charge on any atom is -0.481 e. The first-order valence-corrected chi connectivity index (χ1v) is 7.20. The van der Waals surface area contributed by atoms with Crippen molar-refractivity contribution in [3.05, 3.63) is 0 Å². The van der Waals surface area contributed by atoms with Crippen molar-refractivity contribution < 1.29 is 24.3 Å². The molecule has 0 radical (unpaired) electrons. The first-order chi connectivity index (χ1) is 9.45. The van der Waals surface area contributed by atoms with E-state index in [1.165, 1.54) is 0 Å². The Labute approximate surface area is 120 Å². The van der Waals surface area contributed by atoms with Gasteiger partial charge in [-0.25, -0.2) is 9.90 Å². The number of carboxylic acids is 1. The summed E-state index contributed by atoms with van der Waals surface area (Å²) in [6.45, 7) is 6.22. The van der Waals surface area contributed by atoms with Gasteiger partial charge in [0.2, 0.25) is 6.41 Å². The van der Waals surface area contributed by atoms with Crippen LogP contribution in [0.2, 0.25) is 0 Å². The molecule has 0 aromatic carbocycles. The Hall–Kier alpha value is -1.14. The van der Waals surface area contributed by atoms with E-state index in [-0.39, 0.29) is 5.92 Å². The molecule has 1 aliphatic heterocycles. The molecule has 2 unspecified atom stereocenters. The van der Waals surface area contributed by atoms with Crippen molar-refractivity contribution in [2.75, 3.05) is 6.61 Å². The van der Waals surface area contributed by atoms with Gasteiger partial charge in [-0.1, -0.05) is 13.8 Å². The third kappa shape index (κ3) is 5.09. The molecule has 6 nitrogen and oxygen atoms in total. The number of carbonyl (C=O) groups is 2. The molecule has 20 heavy (non-hydrogen) atoms. The summed E-state index contributed by atoms with van der Waals surface area (Å²) in [7, 11) is 0. The Morgan fingerprint density at radius 1 is 1.45 bits per heavy atom. The Balaban J connectivity index is 2.64. The molecule has 6 heteroatoms. The molecule has 1 amide bonds. The Morgan fingerprint density at radius 2 is 2.15 bits per heavy atom. The topological polar surface area (TPSA) is 76.1 Å². The number of carbonyl (C=O) groups excluding carboxylic acids is 1. The van der Waals surface area contributed by atoms with Crippen LogP contribution in [0.1, 0.15) is 46.5 Å². The Morgan fingerprint density at radius 3 is 2.60 bits per heavy atom. The maximum atomic E-state index is 11.4. The number of amides is 1. The fourth-order valence-electron chi connectivity index (χ4n) is 2.34. The van der Waals surface area contributed by atoms with E-state index >= 15 is 0 Å². The summed E-state index contributed by atoms with van der Waals surface area (Å²) in [5.74, 6) is -1.33. The monoisotopic (exact) mass is 287 g/mol. The average molecular weight is 287 g/mol. The van der Waals surface area contributed by atoms with E-state index in [1.807, 2.05) is 13.8 Å². The van der Waals surface area contributed by atoms with Crippen LogP contribution in [0.25, 0.3) is 0 Å². The molecule has 0 spiro atoms. The molecule has 1 saturated heterocycles. The van der Waals surface area contributed by atoms with E-state index in [0.29, 0.717) is 19.4 Å². The lowest BCUT2D eigenvalue weighted by Crippen LogP contribution is -2.44. The van der Waals surface area contributed by atoms with Crippen LogP contribution in [0, 0.1) is 11.8 Å². The maximum Gasteiger partial charge on any atom is 0.308 e. The van der Waals surface area contributed by atoms with Gasteiger partial charge in [-0.15, -0.1) is 0 Å². The third-order valence-corrected chi connectivity index (χ3v) is 3.51. The van der Waals surface area contributed by atoms with Crippen molar-refractivity contribution in [2.24, 2.45) is 11.8 Å². The lowest BCUT2D eigenvalue weighted by Gasteiger charge is -2.33. The van der Waals surface area contributed by atoms with Gasteiger partial charge in [-0.05, 0) is 32.1 Å². The predicted molar refractivity (Wildman–Crippen MR) is 72.6 cm³/mol. The van der Waals surface area contributed by atoms with Gasteiger partial charge in [-0.3, -0.25) is 9.59 Å². The fraction of sp³-hybridized carbons (Fsp3) is 0.857. The number of hydrogen-bond acceptors (Lipinski definition) is 4. The van der Waals surface area contributed by atoms with Crippen LogP contribution in [0.15, 0.2) is 0 Å². The van der Waals surface area contributed by atoms with E-state index < -0.39 is 24.2 Å². The van der Waals surface area contributed by atoms with Crippen LogP contribution < -0.4 is 0 Å². The molecule has 1 N–H and O–H groups in total. The number of hydroxylamine groups is 2. The second-order valence-electron chi connectivity index (χ2n) is 5.68. The van der Waals surface area contributed by atoms with Gasteiger partial charge in [0.1, 0.15) is 0 Å². The lowest BCUT2D eigenvalue weighted by atomic mass is 9.91. The minimum atomic E-state index is -0.911. The summed E-state index contributed by atoms with van der Waals surface area (Å²) < 4.78 is 5.41. The minimum absolute atomic E-state index is 0.234. The highest BCUT2D eigenvalue weighted by Gasteiger charge is 2.32. The van der Waals surface area contributed by atoms with Gasteiger partial charge in [0.25, 0.3) is 0 Å². The molecule has 0 bridgehead atoms. The van der Waals surface area contributed by atoms with E-state index in [1.54, 1.807) is 6.92 Å². The van der Waals surface area contributed by atoms with Gasteiger partial charge in [-0.2, -0.15) is 0 Å². The number of aliphatic carboxylic acids is 1. The molecule has 1 aliphatic rings. The van der Waals surface area contributed by atoms with Crippen LogP contribution in [0.5, 0.6) is 0 Å². The van der Waals surface area contributed by atoms with Gasteiger partial charge in [0.05, 0.1) is 12.0 Å². The zero-order chi connectivity index (χ0) is 15.1. The molecule has 0 aromatic rings. The van der Waals surface area contributed by atoms with Crippen molar-refractivity contribution in [1.82, 2.24) is 5.06 Å². The number of nitrogens with zero attached hydrogens (tertiary/aromatic N) is 1. The van der Waals surface area contributed by atoms with Crippen LogP contribution >= 0.6 is 0 Å². The summed E-state index contributed by atoms with van der Waals surface area (Å²) in [5.41, 5.74) is 0. The highest BCUT2D eigenvalue weighted by Crippen LogP contribution is 2.22. The van der Waals surface area contributed by atoms with E-state index in [9.17, 15) is 14.7 Å². The van der Waals surface area contributed by atoms with Crippen molar-refractivity contribution >= 4 is 12.4 Å². The van der Waals surface area contributed by atoms with Crippen LogP contribution in [-0.2, 0) is 19.2 Å². The van der Waals surface area contributed by atoms with E-state index in [0.717, 1.165) is 24.3 Å². The molecule has 1 heterocycles. The number of carboxylic acid groups (broad SMARTS) is 1. The number of hydrogen-bond donors (Lipinski definition) is 1. The van der Waals surface area contributed by atoms with Gasteiger partial charge in [0.15, 0.2) is 6.29 Å². The summed E-state index contributed by atoms with van der Waals surface area (Å²) >= 11 is 0. The van der Waals surface area contributed by atoms with Crippen LogP contribution in [0.4, 0.5) is 0 Å². The second kappa shape index (κ2) is 8.21. The molecular formula is C14H25NO5. The first-order valence-electron chi connectivity index (χ1n) is 7.20. The van der Waals surface area contributed by atoms with Crippen molar-refractivity contribution in [2.45, 2.75) is 58.8 Å². The fourth-order valence-corrected chi connectivity index (χ4v) is 2.34. The number of ether oxygens (including phenoxy) is 1. The summed E-state index contributed by atoms with van der Waals surface area (Å²) in [5, 5.41) is 10.4. The summed E-state index contributed by atoms with van der Waals surface area (Å²) in [6, 6.07) is -0.530. The van der Waals surface area contributed by atoms with E-state index in [2.05, 4.69) is 0 Å². The zero-order valence-corrected chi connectivity index (χ0v) is 12.4. The third-order valence-electron chi connectivity index (χ3n) is 3.51. The van der Waals surface area contributed by atoms with Crippen molar-refractivity contribution in [3.8, 4) is 0 Å². The highest BCUT2D eigenvalue weighted by molar-refractivity contribution is 5.71. The Kier molecular flexibility index (Phi) is 6.95. The predicted octanol–water partition coefficient (Wildman–Crippen LogP) is 2.04. The van der Waals surface area contributed by atoms with Crippen molar-refractivity contribution in [1.29, 1.82) is 0 Å². The van der Waals surface area contributed by atoms with Gasteiger partial charge >= 0.3 is 5.97 Å². The molecule has 0 saturated carbocycles. The molecule has 0 aromatic heterocycles. The standard InChI is InChI=1S/C14H25NO5/c1-10(2)8-12(14(17)18)11(3)15(9-16)20-13-6-4-5-7-19-13/h9-13H,4-8H2,1-3H3,(H,17,18)/t11?,12-,13?/m0/s1. The highest BCUT2D eigenvalue weighted by atomic mass is 16.8. The smallest absolute Gasteiger partial charge is 0.308 e. The molecule has 116 valence electrons. The molecular weight excluding hydrogens is 262 g/mol. The average Bonchev–Trinajstić information content (AvgIpc) is 2.42. The molecule has 0 aliphatic carbocycles. The quantitative estimate of drug-likeness (QED) is 0.546. The molecule has 1 fully saturated rings. The van der Waals surface area contributed by atoms with E-state index in [4.69, 9.17) is 9.57 Å². The van der Waals surface area contributed by atoms with Gasteiger partial charge < -0.3 is 9.84 Å². The lowest BCUT2D eigenvalue weighted by molar-refractivity contribution is -0.288. The largest absolute Gasteiger partial charge is 0.481 e.